The van der Waals surface area contributed by atoms with Crippen LogP contribution in [0.25, 0.3) is 0 Å². The number of furan rings is 1. The third kappa shape index (κ3) is 3.76. The molecule has 1 N–H and O–H groups in total. The fourth-order valence-corrected chi connectivity index (χ4v) is 1.83. The Kier molecular flexibility index (Phi) is 5.12. The summed E-state index contributed by atoms with van der Waals surface area (Å²) in [4.78, 5) is 0. The van der Waals surface area contributed by atoms with Crippen molar-refractivity contribution in [3.05, 3.63) is 23.7 Å². The summed E-state index contributed by atoms with van der Waals surface area (Å²) >= 11 is 1.96. The lowest BCUT2D eigenvalue weighted by Crippen LogP contribution is -2.20. The van der Waals surface area contributed by atoms with Crippen LogP contribution in [0, 0.1) is 6.92 Å². The molecule has 1 heterocycles. The second-order valence-corrected chi connectivity index (χ2v) is 4.71. The summed E-state index contributed by atoms with van der Waals surface area (Å²) in [5.74, 6) is 4.37. The minimum absolute atomic E-state index is 0.321. The van der Waals surface area contributed by atoms with Crippen molar-refractivity contribution in [2.24, 2.45) is 0 Å². The minimum Gasteiger partial charge on any atom is -0.465 e. The molecule has 0 fully saturated rings. The largest absolute Gasteiger partial charge is 0.465 e. The Bertz CT molecular complexity index is 260. The van der Waals surface area contributed by atoms with Crippen molar-refractivity contribution >= 4 is 11.8 Å². The number of hydrogen-bond donors (Lipinski definition) is 1. The number of thioether (sulfide) groups is 1. The smallest absolute Gasteiger partial charge is 0.120 e. The molecular weight excluding hydrogens is 194 g/mol. The van der Waals surface area contributed by atoms with Crippen molar-refractivity contribution in [2.75, 3.05) is 18.1 Å². The molecule has 0 saturated heterocycles. The van der Waals surface area contributed by atoms with Gasteiger partial charge in [0.2, 0.25) is 0 Å². The molecule has 0 unspecified atom stereocenters. The molecule has 0 amide bonds. The van der Waals surface area contributed by atoms with Crippen molar-refractivity contribution in [1.82, 2.24) is 5.32 Å². The van der Waals surface area contributed by atoms with Gasteiger partial charge in [-0.2, -0.15) is 11.8 Å². The summed E-state index contributed by atoms with van der Waals surface area (Å²) in [6.07, 6.45) is 0. The second kappa shape index (κ2) is 6.14. The summed E-state index contributed by atoms with van der Waals surface area (Å²) in [7, 11) is 0. The topological polar surface area (TPSA) is 25.2 Å². The van der Waals surface area contributed by atoms with Gasteiger partial charge in [-0.1, -0.05) is 6.92 Å². The quantitative estimate of drug-likeness (QED) is 0.735. The van der Waals surface area contributed by atoms with Crippen LogP contribution in [0.1, 0.15) is 31.4 Å². The average Bonchev–Trinajstić information content (AvgIpc) is 2.59. The van der Waals surface area contributed by atoms with Crippen LogP contribution >= 0.6 is 11.8 Å². The molecule has 80 valence electrons. The molecule has 0 aliphatic heterocycles. The molecule has 0 radical (unpaired) electrons. The fourth-order valence-electron chi connectivity index (χ4n) is 1.28. The number of hydrogen-bond acceptors (Lipinski definition) is 3. The summed E-state index contributed by atoms with van der Waals surface area (Å²) in [5.41, 5.74) is 0. The van der Waals surface area contributed by atoms with Crippen LogP contribution in [0.4, 0.5) is 0 Å². The third-order valence-electron chi connectivity index (χ3n) is 2.09. The molecule has 1 rings (SSSR count). The highest BCUT2D eigenvalue weighted by atomic mass is 32.2. The monoisotopic (exact) mass is 213 g/mol. The molecule has 0 aliphatic carbocycles. The zero-order valence-corrected chi connectivity index (χ0v) is 9.99. The first-order valence-corrected chi connectivity index (χ1v) is 6.27. The SMILES string of the molecule is CCSCCN[C@H](C)c1ccc(C)o1. The number of nitrogens with one attached hydrogen (secondary N) is 1. The third-order valence-corrected chi connectivity index (χ3v) is 2.99. The molecule has 1 aromatic rings. The Morgan fingerprint density at radius 3 is 2.86 bits per heavy atom. The van der Waals surface area contributed by atoms with Gasteiger partial charge in [0.05, 0.1) is 6.04 Å². The van der Waals surface area contributed by atoms with Gasteiger partial charge in [-0.05, 0) is 31.7 Å². The zero-order valence-electron chi connectivity index (χ0n) is 9.17. The molecule has 14 heavy (non-hydrogen) atoms. The fraction of sp³-hybridized carbons (Fsp3) is 0.636. The van der Waals surface area contributed by atoms with Crippen molar-refractivity contribution < 1.29 is 4.42 Å². The van der Waals surface area contributed by atoms with E-state index in [9.17, 15) is 0 Å². The summed E-state index contributed by atoms with van der Waals surface area (Å²) in [6, 6.07) is 4.37. The molecule has 1 atom stereocenters. The zero-order chi connectivity index (χ0) is 10.4. The van der Waals surface area contributed by atoms with E-state index in [1.165, 1.54) is 11.5 Å². The summed E-state index contributed by atoms with van der Waals surface area (Å²) < 4.78 is 5.53. The van der Waals surface area contributed by atoms with Gasteiger partial charge in [0.1, 0.15) is 11.5 Å². The van der Waals surface area contributed by atoms with Gasteiger partial charge in [0.25, 0.3) is 0 Å². The lowest BCUT2D eigenvalue weighted by Gasteiger charge is -2.10. The first-order chi connectivity index (χ1) is 6.74. The van der Waals surface area contributed by atoms with Gasteiger partial charge in [-0.25, -0.2) is 0 Å². The lowest BCUT2D eigenvalue weighted by molar-refractivity contribution is 0.422. The van der Waals surface area contributed by atoms with E-state index < -0.39 is 0 Å². The van der Waals surface area contributed by atoms with E-state index in [4.69, 9.17) is 4.42 Å². The lowest BCUT2D eigenvalue weighted by atomic mass is 10.2. The van der Waals surface area contributed by atoms with Gasteiger partial charge in [0, 0.05) is 12.3 Å². The van der Waals surface area contributed by atoms with E-state index in [1.807, 2.05) is 30.8 Å². The summed E-state index contributed by atoms with van der Waals surface area (Å²) in [5, 5.41) is 3.43. The Morgan fingerprint density at radius 2 is 2.29 bits per heavy atom. The number of aryl methyl sites for hydroxylation is 1. The molecule has 0 aliphatic rings. The van der Waals surface area contributed by atoms with Crippen molar-refractivity contribution in [3.8, 4) is 0 Å². The van der Waals surface area contributed by atoms with Crippen LogP contribution in [-0.2, 0) is 0 Å². The van der Waals surface area contributed by atoms with Crippen LogP contribution in [0.15, 0.2) is 16.5 Å². The molecule has 0 bridgehead atoms. The van der Waals surface area contributed by atoms with Crippen LogP contribution < -0.4 is 5.32 Å². The average molecular weight is 213 g/mol. The van der Waals surface area contributed by atoms with Crippen molar-refractivity contribution in [3.63, 3.8) is 0 Å². The highest BCUT2D eigenvalue weighted by molar-refractivity contribution is 7.99. The molecule has 2 nitrogen and oxygen atoms in total. The number of rotatable bonds is 6. The maximum atomic E-state index is 5.53. The predicted octanol–water partition coefficient (Wildman–Crippen LogP) is 2.99. The first-order valence-electron chi connectivity index (χ1n) is 5.11. The highest BCUT2D eigenvalue weighted by Gasteiger charge is 2.07. The molecular formula is C11H19NOS. The van der Waals surface area contributed by atoms with Crippen molar-refractivity contribution in [1.29, 1.82) is 0 Å². The summed E-state index contributed by atoms with van der Waals surface area (Å²) in [6.45, 7) is 7.33. The van der Waals surface area contributed by atoms with E-state index in [0.717, 1.165) is 18.1 Å². The predicted molar refractivity (Wildman–Crippen MR) is 62.9 cm³/mol. The maximum Gasteiger partial charge on any atom is 0.120 e. The molecule has 0 saturated carbocycles. The first kappa shape index (κ1) is 11.7. The Morgan fingerprint density at radius 1 is 1.50 bits per heavy atom. The van der Waals surface area contributed by atoms with E-state index in [-0.39, 0.29) is 0 Å². The van der Waals surface area contributed by atoms with Gasteiger partial charge >= 0.3 is 0 Å². The second-order valence-electron chi connectivity index (χ2n) is 3.32. The van der Waals surface area contributed by atoms with E-state index in [2.05, 4.69) is 19.2 Å². The van der Waals surface area contributed by atoms with E-state index >= 15 is 0 Å². The van der Waals surface area contributed by atoms with Crippen LogP contribution in [0.2, 0.25) is 0 Å². The van der Waals surface area contributed by atoms with Gasteiger partial charge in [-0.3, -0.25) is 0 Å². The minimum atomic E-state index is 0.321. The standard InChI is InChI=1S/C11H19NOS/c1-4-14-8-7-12-10(3)11-6-5-9(2)13-11/h5-6,10,12H,4,7-8H2,1-3H3/t10-/m1/s1. The Hall–Kier alpha value is -0.410. The highest BCUT2D eigenvalue weighted by Crippen LogP contribution is 2.15. The van der Waals surface area contributed by atoms with Gasteiger partial charge in [-0.15, -0.1) is 0 Å². The Labute approximate surface area is 90.5 Å². The van der Waals surface area contributed by atoms with Crippen LogP contribution in [-0.4, -0.2) is 18.1 Å². The molecule has 0 aromatic carbocycles. The normalized spacial score (nSPS) is 13.1. The van der Waals surface area contributed by atoms with Gasteiger partial charge < -0.3 is 9.73 Å². The van der Waals surface area contributed by atoms with Crippen LogP contribution in [0.3, 0.4) is 0 Å². The van der Waals surface area contributed by atoms with E-state index in [1.54, 1.807) is 0 Å². The molecule has 3 heteroatoms. The van der Waals surface area contributed by atoms with Gasteiger partial charge in [0.15, 0.2) is 0 Å². The molecule has 0 spiro atoms. The van der Waals surface area contributed by atoms with Crippen molar-refractivity contribution in [2.45, 2.75) is 26.8 Å². The maximum absolute atomic E-state index is 5.53. The van der Waals surface area contributed by atoms with Crippen LogP contribution in [0.5, 0.6) is 0 Å². The Balaban J connectivity index is 2.25. The van der Waals surface area contributed by atoms with E-state index in [0.29, 0.717) is 6.04 Å². The molecule has 1 aromatic heterocycles.